The van der Waals surface area contributed by atoms with Crippen molar-refractivity contribution in [3.05, 3.63) is 29.3 Å². The number of aromatic nitrogens is 4. The van der Waals surface area contributed by atoms with Gasteiger partial charge < -0.3 is 10.6 Å². The van der Waals surface area contributed by atoms with Gasteiger partial charge in [-0.2, -0.15) is 0 Å². The van der Waals surface area contributed by atoms with Gasteiger partial charge in [0.1, 0.15) is 0 Å². The third-order valence-electron chi connectivity index (χ3n) is 3.65. The van der Waals surface area contributed by atoms with Crippen LogP contribution < -0.4 is 10.6 Å². The second-order valence-electron chi connectivity index (χ2n) is 5.24. The summed E-state index contributed by atoms with van der Waals surface area (Å²) in [6.07, 6.45) is 3.50. The van der Waals surface area contributed by atoms with E-state index in [4.69, 9.17) is 11.6 Å². The van der Waals surface area contributed by atoms with Gasteiger partial charge in [-0.15, -0.1) is 0 Å². The number of hydrogen-bond donors (Lipinski definition) is 2. The first kappa shape index (κ1) is 13.3. The molecule has 112 valence electrons. The van der Waals surface area contributed by atoms with Crippen LogP contribution in [0.15, 0.2) is 28.9 Å². The predicted octanol–water partition coefficient (Wildman–Crippen LogP) is 3.37. The first-order chi connectivity index (χ1) is 10.8. The molecule has 1 fully saturated rings. The van der Waals surface area contributed by atoms with E-state index in [2.05, 4.69) is 35.5 Å². The second kappa shape index (κ2) is 5.42. The van der Waals surface area contributed by atoms with Gasteiger partial charge in [0, 0.05) is 16.8 Å². The summed E-state index contributed by atoms with van der Waals surface area (Å²) in [5.41, 5.74) is 1.58. The number of nitrogens with zero attached hydrogens (tertiary/aromatic N) is 4. The van der Waals surface area contributed by atoms with E-state index in [-0.39, 0.29) is 0 Å². The van der Waals surface area contributed by atoms with Crippen molar-refractivity contribution in [1.29, 1.82) is 0 Å². The Balaban J connectivity index is 1.71. The van der Waals surface area contributed by atoms with Crippen LogP contribution in [0.1, 0.15) is 19.3 Å². The molecule has 0 spiro atoms. The summed E-state index contributed by atoms with van der Waals surface area (Å²) in [4.78, 5) is 8.86. The van der Waals surface area contributed by atoms with Gasteiger partial charge in [0.2, 0.25) is 11.3 Å². The lowest BCUT2D eigenvalue weighted by Crippen LogP contribution is -2.28. The van der Waals surface area contributed by atoms with Crippen molar-refractivity contribution in [2.24, 2.45) is 0 Å². The molecule has 7 nitrogen and oxygen atoms in total. The highest BCUT2D eigenvalue weighted by molar-refractivity contribution is 6.30. The second-order valence-corrected chi connectivity index (χ2v) is 5.68. The monoisotopic (exact) mass is 316 g/mol. The maximum Gasteiger partial charge on any atom is 0.245 e. The van der Waals surface area contributed by atoms with Gasteiger partial charge in [-0.3, -0.25) is 0 Å². The summed E-state index contributed by atoms with van der Waals surface area (Å²) in [6.45, 7) is 0. The lowest BCUT2D eigenvalue weighted by molar-refractivity contribution is 0.314. The number of fused-ring (bicyclic) bond motifs is 1. The Morgan fingerprint density at radius 1 is 1.09 bits per heavy atom. The van der Waals surface area contributed by atoms with E-state index in [1.807, 2.05) is 24.3 Å². The lowest BCUT2D eigenvalue weighted by Gasteiger charge is -2.27. The summed E-state index contributed by atoms with van der Waals surface area (Å²) in [5.74, 6) is 1.23. The van der Waals surface area contributed by atoms with Crippen molar-refractivity contribution in [3.8, 4) is 0 Å². The van der Waals surface area contributed by atoms with E-state index in [0.29, 0.717) is 34.0 Å². The van der Waals surface area contributed by atoms with Crippen LogP contribution in [0.5, 0.6) is 0 Å². The average Bonchev–Trinajstić information content (AvgIpc) is 2.90. The molecule has 2 N–H and O–H groups in total. The minimum atomic E-state index is 0.365. The summed E-state index contributed by atoms with van der Waals surface area (Å²) >= 11 is 6.02. The Labute approximate surface area is 131 Å². The van der Waals surface area contributed by atoms with Crippen molar-refractivity contribution in [2.45, 2.75) is 25.3 Å². The van der Waals surface area contributed by atoms with Gasteiger partial charge in [-0.1, -0.05) is 17.7 Å². The van der Waals surface area contributed by atoms with E-state index in [0.717, 1.165) is 18.5 Å². The zero-order valence-electron chi connectivity index (χ0n) is 11.6. The predicted molar refractivity (Wildman–Crippen MR) is 83.4 cm³/mol. The van der Waals surface area contributed by atoms with Gasteiger partial charge in [0.15, 0.2) is 11.6 Å². The van der Waals surface area contributed by atoms with Crippen molar-refractivity contribution in [2.75, 3.05) is 10.6 Å². The molecule has 0 saturated heterocycles. The number of anilines is 3. The quantitative estimate of drug-likeness (QED) is 0.762. The van der Waals surface area contributed by atoms with Gasteiger partial charge in [-0.05, 0) is 47.8 Å². The highest BCUT2D eigenvalue weighted by atomic mass is 35.5. The van der Waals surface area contributed by atoms with Crippen molar-refractivity contribution in [3.63, 3.8) is 0 Å². The lowest BCUT2D eigenvalue weighted by atomic mass is 9.93. The number of nitrogens with one attached hydrogen (secondary N) is 2. The zero-order chi connectivity index (χ0) is 14.9. The summed E-state index contributed by atoms with van der Waals surface area (Å²) in [7, 11) is 0. The number of rotatable bonds is 4. The number of halogens is 1. The van der Waals surface area contributed by atoms with Crippen LogP contribution in [-0.2, 0) is 0 Å². The highest BCUT2D eigenvalue weighted by Crippen LogP contribution is 2.29. The van der Waals surface area contributed by atoms with Gasteiger partial charge in [-0.25, -0.2) is 14.6 Å². The summed E-state index contributed by atoms with van der Waals surface area (Å²) < 4.78 is 4.69. The number of hydrogen-bond acceptors (Lipinski definition) is 7. The molecule has 3 aromatic rings. The molecule has 0 unspecified atom stereocenters. The molecule has 2 heterocycles. The first-order valence-electron chi connectivity index (χ1n) is 7.07. The number of benzene rings is 1. The topological polar surface area (TPSA) is 88.8 Å². The van der Waals surface area contributed by atoms with Gasteiger partial charge in [0.25, 0.3) is 0 Å². The molecule has 1 saturated carbocycles. The van der Waals surface area contributed by atoms with Crippen LogP contribution in [0.2, 0.25) is 5.02 Å². The van der Waals surface area contributed by atoms with Crippen LogP contribution in [0.3, 0.4) is 0 Å². The molecular weight excluding hydrogens is 304 g/mol. The minimum absolute atomic E-state index is 0.365. The molecular formula is C14H13ClN6O. The minimum Gasteiger partial charge on any atom is -0.364 e. The van der Waals surface area contributed by atoms with Gasteiger partial charge in [0.05, 0.1) is 0 Å². The molecule has 0 atom stereocenters. The first-order valence-corrected chi connectivity index (χ1v) is 7.45. The van der Waals surface area contributed by atoms with E-state index in [1.165, 1.54) is 6.42 Å². The fourth-order valence-corrected chi connectivity index (χ4v) is 2.46. The van der Waals surface area contributed by atoms with Crippen molar-refractivity contribution < 1.29 is 4.63 Å². The van der Waals surface area contributed by atoms with Crippen LogP contribution in [-0.4, -0.2) is 26.3 Å². The van der Waals surface area contributed by atoms with E-state index in [1.54, 1.807) is 0 Å². The third kappa shape index (κ3) is 2.55. The third-order valence-corrected chi connectivity index (χ3v) is 3.88. The SMILES string of the molecule is Clc1cccc(Nc2nc3nonc3nc2NC2CCC2)c1. The Kier molecular flexibility index (Phi) is 3.27. The fraction of sp³-hybridized carbons (Fsp3) is 0.286. The van der Waals surface area contributed by atoms with Crippen molar-refractivity contribution in [1.82, 2.24) is 20.3 Å². The Morgan fingerprint density at radius 3 is 2.55 bits per heavy atom. The molecule has 1 aromatic carbocycles. The Morgan fingerprint density at radius 2 is 1.86 bits per heavy atom. The van der Waals surface area contributed by atoms with Crippen LogP contribution in [0, 0.1) is 0 Å². The van der Waals surface area contributed by atoms with E-state index >= 15 is 0 Å². The van der Waals surface area contributed by atoms with Gasteiger partial charge >= 0.3 is 0 Å². The molecule has 0 aliphatic heterocycles. The average molecular weight is 317 g/mol. The summed E-state index contributed by atoms with van der Waals surface area (Å²) in [6, 6.07) is 7.84. The molecule has 0 radical (unpaired) electrons. The summed E-state index contributed by atoms with van der Waals surface area (Å²) in [5, 5.41) is 14.7. The molecule has 0 bridgehead atoms. The highest BCUT2D eigenvalue weighted by Gasteiger charge is 2.21. The van der Waals surface area contributed by atoms with Crippen LogP contribution in [0.4, 0.5) is 17.3 Å². The maximum atomic E-state index is 6.02. The molecule has 2 aromatic heterocycles. The smallest absolute Gasteiger partial charge is 0.245 e. The largest absolute Gasteiger partial charge is 0.364 e. The van der Waals surface area contributed by atoms with Crippen LogP contribution >= 0.6 is 11.6 Å². The molecule has 1 aliphatic carbocycles. The Bertz CT molecular complexity index is 816. The van der Waals surface area contributed by atoms with E-state index in [9.17, 15) is 0 Å². The normalized spacial score (nSPS) is 14.8. The zero-order valence-corrected chi connectivity index (χ0v) is 12.3. The maximum absolute atomic E-state index is 6.02. The fourth-order valence-electron chi connectivity index (χ4n) is 2.27. The van der Waals surface area contributed by atoms with Crippen LogP contribution in [0.25, 0.3) is 11.3 Å². The molecule has 8 heteroatoms. The molecule has 1 aliphatic rings. The molecule has 4 rings (SSSR count). The molecule has 0 amide bonds. The van der Waals surface area contributed by atoms with Crippen molar-refractivity contribution >= 4 is 40.2 Å². The molecule has 22 heavy (non-hydrogen) atoms. The Hall–Kier alpha value is -2.41. The van der Waals surface area contributed by atoms with E-state index < -0.39 is 0 Å². The standard InChI is InChI=1S/C14H13ClN6O/c15-8-3-1-6-10(7-8)17-12-11(16-9-4-2-5-9)18-13-14(19-12)21-22-20-13/h1,3,6-7,9H,2,4-5H2,(H,16,18,20)(H,17,19,21).